The maximum Gasteiger partial charge on any atom is 0.146 e. The fraction of sp³-hybridized carbons (Fsp3) is 1.00. The first kappa shape index (κ1) is 20.4. The summed E-state index contributed by atoms with van der Waals surface area (Å²) in [5.74, 6) is 2.45. The van der Waals surface area contributed by atoms with Crippen molar-refractivity contribution in [3.8, 4) is 0 Å². The lowest BCUT2D eigenvalue weighted by Gasteiger charge is -2.21. The normalized spacial score (nSPS) is 17.7. The molecule has 0 saturated heterocycles. The van der Waals surface area contributed by atoms with Gasteiger partial charge >= 0.3 is 0 Å². The Bertz CT molecular complexity index is 209. The van der Waals surface area contributed by atoms with Gasteiger partial charge in [0, 0.05) is 18.0 Å². The van der Waals surface area contributed by atoms with E-state index >= 15 is 0 Å². The van der Waals surface area contributed by atoms with Crippen molar-refractivity contribution in [1.82, 2.24) is 0 Å². The summed E-state index contributed by atoms with van der Waals surface area (Å²) in [7, 11) is 0. The molecule has 3 heteroatoms. The van der Waals surface area contributed by atoms with E-state index in [1.54, 1.807) is 0 Å². The molecule has 2 nitrogen and oxygen atoms in total. The number of hydrogen-bond acceptors (Lipinski definition) is 2. The minimum atomic E-state index is 0.448. The van der Waals surface area contributed by atoms with E-state index in [9.17, 15) is 0 Å². The first-order valence-corrected chi connectivity index (χ1v) is 9.16. The maximum absolute atomic E-state index is 5.41. The van der Waals surface area contributed by atoms with Crippen LogP contribution < -0.4 is 0 Å². The number of halogens is 1. The van der Waals surface area contributed by atoms with Crippen molar-refractivity contribution in [3.63, 3.8) is 0 Å². The first-order chi connectivity index (χ1) is 9.45. The maximum atomic E-state index is 5.41. The number of alkyl halides is 1. The second-order valence-electron chi connectivity index (χ2n) is 6.46. The first-order valence-electron chi connectivity index (χ1n) is 8.25. The summed E-state index contributed by atoms with van der Waals surface area (Å²) in [4.78, 5) is 0.643. The molecule has 4 atom stereocenters. The third kappa shape index (κ3) is 13.4. The van der Waals surface area contributed by atoms with Gasteiger partial charge in [0.25, 0.3) is 0 Å². The van der Waals surface area contributed by atoms with Crippen molar-refractivity contribution in [2.45, 2.75) is 71.5 Å². The number of hydrogen-bond donors (Lipinski definition) is 0. The summed E-state index contributed by atoms with van der Waals surface area (Å²) in [6, 6.07) is 0. The second-order valence-corrected chi connectivity index (χ2v) is 8.03. The van der Waals surface area contributed by atoms with Crippen LogP contribution in [0.1, 0.15) is 66.7 Å². The minimum Gasteiger partial charge on any atom is -0.356 e. The summed E-state index contributed by atoms with van der Waals surface area (Å²) < 4.78 is 10.6. The van der Waals surface area contributed by atoms with Crippen LogP contribution in [-0.4, -0.2) is 24.8 Å². The molecule has 0 bridgehead atoms. The molecule has 0 rings (SSSR count). The fourth-order valence-electron chi connectivity index (χ4n) is 2.97. The quantitative estimate of drug-likeness (QED) is 0.243. The van der Waals surface area contributed by atoms with E-state index < -0.39 is 0 Å². The van der Waals surface area contributed by atoms with Crippen molar-refractivity contribution in [2.75, 3.05) is 20.0 Å². The molecule has 0 amide bonds. The SMILES string of the molecule is CCOCOCCCC(C)CC(C)CC(C)CC(C)Br. The molecule has 0 radical (unpaired) electrons. The van der Waals surface area contributed by atoms with Gasteiger partial charge in [-0.15, -0.1) is 0 Å². The van der Waals surface area contributed by atoms with Gasteiger partial charge in [-0.3, -0.25) is 0 Å². The van der Waals surface area contributed by atoms with Crippen molar-refractivity contribution in [1.29, 1.82) is 0 Å². The fourth-order valence-corrected chi connectivity index (χ4v) is 3.61. The minimum absolute atomic E-state index is 0.448. The highest BCUT2D eigenvalue weighted by Gasteiger charge is 2.13. The van der Waals surface area contributed by atoms with Crippen LogP contribution in [0.5, 0.6) is 0 Å². The second kappa shape index (κ2) is 13.1. The molecule has 0 saturated carbocycles. The van der Waals surface area contributed by atoms with Gasteiger partial charge in [-0.1, -0.05) is 43.6 Å². The molecule has 0 aromatic rings. The molecule has 0 fully saturated rings. The molecule has 0 aliphatic heterocycles. The monoisotopic (exact) mass is 350 g/mol. The van der Waals surface area contributed by atoms with Crippen LogP contribution in [0.2, 0.25) is 0 Å². The molecular formula is C17H35BrO2. The third-order valence-corrected chi connectivity index (χ3v) is 4.07. The zero-order valence-corrected chi connectivity index (χ0v) is 15.7. The van der Waals surface area contributed by atoms with Gasteiger partial charge in [0.15, 0.2) is 0 Å². The van der Waals surface area contributed by atoms with E-state index in [1.807, 2.05) is 6.92 Å². The lowest BCUT2D eigenvalue weighted by Crippen LogP contribution is -2.11. The molecule has 20 heavy (non-hydrogen) atoms. The standard InChI is InChI=1S/C17H35BrO2/c1-6-19-13-20-9-7-8-14(2)10-15(3)11-16(4)12-17(5)18/h14-17H,6-13H2,1-5H3. The molecule has 4 unspecified atom stereocenters. The van der Waals surface area contributed by atoms with Crippen LogP contribution in [0.15, 0.2) is 0 Å². The van der Waals surface area contributed by atoms with Crippen molar-refractivity contribution in [2.24, 2.45) is 17.8 Å². The summed E-state index contributed by atoms with van der Waals surface area (Å²) in [6.45, 7) is 13.4. The van der Waals surface area contributed by atoms with Gasteiger partial charge in [0.05, 0.1) is 0 Å². The molecule has 0 aliphatic carbocycles. The molecule has 0 aromatic carbocycles. The Labute approximate surface area is 135 Å². The van der Waals surface area contributed by atoms with Gasteiger partial charge in [-0.2, -0.15) is 0 Å². The number of rotatable bonds is 13. The smallest absolute Gasteiger partial charge is 0.146 e. The highest BCUT2D eigenvalue weighted by atomic mass is 79.9. The Kier molecular flexibility index (Phi) is 13.4. The van der Waals surface area contributed by atoms with E-state index in [-0.39, 0.29) is 0 Å². The van der Waals surface area contributed by atoms with Crippen molar-refractivity contribution >= 4 is 15.9 Å². The zero-order chi connectivity index (χ0) is 15.4. The average molecular weight is 351 g/mol. The Balaban J connectivity index is 3.56. The highest BCUT2D eigenvalue weighted by Crippen LogP contribution is 2.25. The van der Waals surface area contributed by atoms with Crippen molar-refractivity contribution < 1.29 is 9.47 Å². The highest BCUT2D eigenvalue weighted by molar-refractivity contribution is 9.09. The summed E-state index contributed by atoms with van der Waals surface area (Å²) in [6.07, 6.45) is 6.38. The number of ether oxygens (including phenoxy) is 2. The van der Waals surface area contributed by atoms with E-state index in [0.29, 0.717) is 11.6 Å². The van der Waals surface area contributed by atoms with E-state index in [4.69, 9.17) is 9.47 Å². The molecule has 0 N–H and O–H groups in total. The topological polar surface area (TPSA) is 18.5 Å². The molecule has 0 aliphatic rings. The van der Waals surface area contributed by atoms with Crippen LogP contribution in [-0.2, 0) is 9.47 Å². The van der Waals surface area contributed by atoms with Gasteiger partial charge in [-0.05, 0) is 56.8 Å². The molecular weight excluding hydrogens is 316 g/mol. The van der Waals surface area contributed by atoms with Gasteiger partial charge in [0.2, 0.25) is 0 Å². The van der Waals surface area contributed by atoms with Gasteiger partial charge < -0.3 is 9.47 Å². The van der Waals surface area contributed by atoms with Gasteiger partial charge in [-0.25, -0.2) is 0 Å². The van der Waals surface area contributed by atoms with Gasteiger partial charge in [0.1, 0.15) is 6.79 Å². The van der Waals surface area contributed by atoms with Crippen LogP contribution in [0, 0.1) is 17.8 Å². The zero-order valence-electron chi connectivity index (χ0n) is 14.2. The summed E-state index contributed by atoms with van der Waals surface area (Å²) in [5.41, 5.74) is 0. The Hall–Kier alpha value is 0.400. The van der Waals surface area contributed by atoms with E-state index in [0.717, 1.165) is 37.4 Å². The van der Waals surface area contributed by atoms with E-state index in [2.05, 4.69) is 43.6 Å². The lowest BCUT2D eigenvalue weighted by molar-refractivity contribution is -0.0508. The molecule has 0 heterocycles. The summed E-state index contributed by atoms with van der Waals surface area (Å²) >= 11 is 3.65. The summed E-state index contributed by atoms with van der Waals surface area (Å²) in [5, 5.41) is 0. The van der Waals surface area contributed by atoms with Crippen LogP contribution in [0.25, 0.3) is 0 Å². The predicted octanol–water partition coefficient (Wildman–Crippen LogP) is 5.64. The average Bonchev–Trinajstić information content (AvgIpc) is 2.32. The largest absolute Gasteiger partial charge is 0.356 e. The Morgan fingerprint density at radius 1 is 0.850 bits per heavy atom. The molecule has 0 aromatic heterocycles. The Morgan fingerprint density at radius 3 is 2.05 bits per heavy atom. The third-order valence-electron chi connectivity index (χ3n) is 3.69. The van der Waals surface area contributed by atoms with Crippen LogP contribution in [0.4, 0.5) is 0 Å². The predicted molar refractivity (Wildman–Crippen MR) is 91.4 cm³/mol. The Morgan fingerprint density at radius 2 is 1.45 bits per heavy atom. The van der Waals surface area contributed by atoms with Crippen LogP contribution in [0.3, 0.4) is 0 Å². The van der Waals surface area contributed by atoms with E-state index in [1.165, 1.54) is 25.7 Å². The van der Waals surface area contributed by atoms with Crippen LogP contribution >= 0.6 is 15.9 Å². The van der Waals surface area contributed by atoms with Crippen molar-refractivity contribution in [3.05, 3.63) is 0 Å². The molecule has 0 spiro atoms. The molecule has 122 valence electrons. The lowest BCUT2D eigenvalue weighted by atomic mass is 9.86.